The normalized spacial score (nSPS) is 7.85. The van der Waals surface area contributed by atoms with Crippen LogP contribution in [0, 0.1) is 0 Å². The minimum absolute atomic E-state index is 0.806. The number of hydrogen-bond acceptors (Lipinski definition) is 3. The lowest BCUT2D eigenvalue weighted by Gasteiger charge is -1.91. The molecule has 84 valence electrons. The van der Waals surface area contributed by atoms with E-state index in [0.29, 0.717) is 0 Å². The third-order valence-corrected chi connectivity index (χ3v) is 1.20. The zero-order valence-electron chi connectivity index (χ0n) is 9.68. The van der Waals surface area contributed by atoms with Crippen LogP contribution in [-0.4, -0.2) is 19.6 Å². The molecule has 0 bridgehead atoms. The molecule has 0 rings (SSSR count). The second kappa shape index (κ2) is 29.7. The maximum atomic E-state index is 5.23. The molecule has 0 aromatic carbocycles. The highest BCUT2D eigenvalue weighted by Crippen LogP contribution is 1.88. The van der Waals surface area contributed by atoms with Crippen molar-refractivity contribution in [2.45, 2.75) is 46.5 Å². The minimum atomic E-state index is 0.806. The van der Waals surface area contributed by atoms with Crippen LogP contribution in [0.15, 0.2) is 0 Å². The first kappa shape index (κ1) is 18.6. The average molecular weight is 191 g/mol. The van der Waals surface area contributed by atoms with Crippen molar-refractivity contribution in [3.63, 3.8) is 0 Å². The highest BCUT2D eigenvalue weighted by Gasteiger charge is 1.80. The van der Waals surface area contributed by atoms with E-state index in [9.17, 15) is 0 Å². The molecule has 0 fully saturated rings. The predicted octanol–water partition coefficient (Wildman–Crippen LogP) is 1.46. The first-order chi connectivity index (χ1) is 6.33. The SMILES string of the molecule is CC.CCCN.NCCCCCN. The van der Waals surface area contributed by atoms with E-state index in [1.54, 1.807) is 0 Å². The third-order valence-electron chi connectivity index (χ3n) is 1.20. The highest BCUT2D eigenvalue weighted by molar-refractivity contribution is 4.41. The molecule has 13 heavy (non-hydrogen) atoms. The van der Waals surface area contributed by atoms with Crippen LogP contribution in [0.1, 0.15) is 46.5 Å². The zero-order chi connectivity index (χ0) is 10.9. The van der Waals surface area contributed by atoms with Crippen molar-refractivity contribution in [3.8, 4) is 0 Å². The molecule has 0 atom stereocenters. The van der Waals surface area contributed by atoms with Crippen LogP contribution < -0.4 is 17.2 Å². The van der Waals surface area contributed by atoms with Gasteiger partial charge in [0, 0.05) is 0 Å². The van der Waals surface area contributed by atoms with Gasteiger partial charge in [-0.1, -0.05) is 27.2 Å². The molecule has 3 nitrogen and oxygen atoms in total. The highest BCUT2D eigenvalue weighted by atomic mass is 14.5. The van der Waals surface area contributed by atoms with Crippen LogP contribution in [0.4, 0.5) is 0 Å². The van der Waals surface area contributed by atoms with Crippen molar-refractivity contribution >= 4 is 0 Å². The molecule has 0 saturated carbocycles. The fraction of sp³-hybridized carbons (Fsp3) is 1.00. The summed E-state index contributed by atoms with van der Waals surface area (Å²) in [5.41, 5.74) is 15.5. The molecule has 0 aliphatic carbocycles. The quantitative estimate of drug-likeness (QED) is 0.576. The summed E-state index contributed by atoms with van der Waals surface area (Å²) < 4.78 is 0. The summed E-state index contributed by atoms with van der Waals surface area (Å²) in [6.07, 6.45) is 4.53. The smallest absolute Gasteiger partial charge is 0.00773 e. The topological polar surface area (TPSA) is 78.1 Å². The van der Waals surface area contributed by atoms with E-state index in [1.807, 2.05) is 13.8 Å². The van der Waals surface area contributed by atoms with Gasteiger partial charge >= 0.3 is 0 Å². The third kappa shape index (κ3) is 48.7. The Morgan fingerprint density at radius 2 is 1.00 bits per heavy atom. The van der Waals surface area contributed by atoms with Crippen LogP contribution >= 0.6 is 0 Å². The van der Waals surface area contributed by atoms with Crippen molar-refractivity contribution in [2.75, 3.05) is 19.6 Å². The van der Waals surface area contributed by atoms with Gasteiger partial charge in [0.05, 0.1) is 0 Å². The predicted molar refractivity (Wildman–Crippen MR) is 62.7 cm³/mol. The van der Waals surface area contributed by atoms with Gasteiger partial charge in [-0.25, -0.2) is 0 Å². The molecule has 0 aromatic heterocycles. The van der Waals surface area contributed by atoms with E-state index in [-0.39, 0.29) is 0 Å². The van der Waals surface area contributed by atoms with Gasteiger partial charge in [0.2, 0.25) is 0 Å². The standard InChI is InChI=1S/C5H14N2.C3H9N.C2H6/c6-4-2-1-3-5-7;1-2-3-4;1-2/h1-7H2;2-4H2,1H3;1-2H3. The largest absolute Gasteiger partial charge is 0.330 e. The molecular weight excluding hydrogens is 162 g/mol. The first-order valence-electron chi connectivity index (χ1n) is 5.43. The number of nitrogens with two attached hydrogens (primary N) is 3. The van der Waals surface area contributed by atoms with Gasteiger partial charge in [0.1, 0.15) is 0 Å². The van der Waals surface area contributed by atoms with Gasteiger partial charge in [0.25, 0.3) is 0 Å². The van der Waals surface area contributed by atoms with Crippen molar-refractivity contribution in [3.05, 3.63) is 0 Å². The molecule has 0 amide bonds. The lowest BCUT2D eigenvalue weighted by atomic mass is 10.2. The summed E-state index contributed by atoms with van der Waals surface area (Å²) in [5, 5.41) is 0. The Morgan fingerprint density at radius 3 is 1.15 bits per heavy atom. The maximum absolute atomic E-state index is 5.23. The number of rotatable bonds is 5. The van der Waals surface area contributed by atoms with Crippen LogP contribution in [-0.2, 0) is 0 Å². The van der Waals surface area contributed by atoms with Crippen molar-refractivity contribution in [1.82, 2.24) is 0 Å². The second-order valence-corrected chi connectivity index (χ2v) is 2.43. The average Bonchev–Trinajstić information content (AvgIpc) is 2.22. The molecule has 0 saturated heterocycles. The summed E-state index contributed by atoms with van der Waals surface area (Å²) in [4.78, 5) is 0. The van der Waals surface area contributed by atoms with Gasteiger partial charge in [-0.3, -0.25) is 0 Å². The zero-order valence-corrected chi connectivity index (χ0v) is 9.68. The molecular formula is C10H29N3. The van der Waals surface area contributed by atoms with Crippen LogP contribution in [0.2, 0.25) is 0 Å². The van der Waals surface area contributed by atoms with Crippen LogP contribution in [0.5, 0.6) is 0 Å². The number of unbranched alkanes of at least 4 members (excludes halogenated alkanes) is 2. The van der Waals surface area contributed by atoms with Gasteiger partial charge in [0.15, 0.2) is 0 Å². The van der Waals surface area contributed by atoms with Crippen molar-refractivity contribution in [1.29, 1.82) is 0 Å². The van der Waals surface area contributed by atoms with E-state index in [0.717, 1.165) is 38.9 Å². The molecule has 0 spiro atoms. The molecule has 0 aliphatic heterocycles. The van der Waals surface area contributed by atoms with E-state index >= 15 is 0 Å². The summed E-state index contributed by atoms with van der Waals surface area (Å²) in [5.74, 6) is 0. The van der Waals surface area contributed by atoms with Gasteiger partial charge in [-0.05, 0) is 38.9 Å². The summed E-state index contributed by atoms with van der Waals surface area (Å²) in [6.45, 7) is 8.49. The Bertz CT molecular complexity index is 43.4. The Kier molecular flexibility index (Phi) is 42.6. The molecule has 3 heteroatoms. The minimum Gasteiger partial charge on any atom is -0.330 e. The monoisotopic (exact) mass is 191 g/mol. The fourth-order valence-corrected chi connectivity index (χ4v) is 0.465. The van der Waals surface area contributed by atoms with E-state index in [2.05, 4.69) is 6.92 Å². The molecule has 6 N–H and O–H groups in total. The lowest BCUT2D eigenvalue weighted by Crippen LogP contribution is -2.02. The summed E-state index contributed by atoms with van der Waals surface area (Å²) in [6, 6.07) is 0. The molecule has 0 unspecified atom stereocenters. The number of hydrogen-bond donors (Lipinski definition) is 3. The van der Waals surface area contributed by atoms with Crippen molar-refractivity contribution < 1.29 is 0 Å². The maximum Gasteiger partial charge on any atom is -0.00773 e. The molecule has 0 aromatic rings. The van der Waals surface area contributed by atoms with E-state index in [4.69, 9.17) is 17.2 Å². The second-order valence-electron chi connectivity index (χ2n) is 2.43. The van der Waals surface area contributed by atoms with E-state index in [1.165, 1.54) is 6.42 Å². The lowest BCUT2D eigenvalue weighted by molar-refractivity contribution is 0.695. The molecule has 0 radical (unpaired) electrons. The van der Waals surface area contributed by atoms with Gasteiger partial charge in [-0.2, -0.15) is 0 Å². The Balaban J connectivity index is -0.000000142. The Morgan fingerprint density at radius 1 is 0.692 bits per heavy atom. The van der Waals surface area contributed by atoms with Gasteiger partial charge < -0.3 is 17.2 Å². The summed E-state index contributed by atoms with van der Waals surface area (Å²) >= 11 is 0. The van der Waals surface area contributed by atoms with Gasteiger partial charge in [-0.15, -0.1) is 0 Å². The molecule has 0 heterocycles. The van der Waals surface area contributed by atoms with Crippen LogP contribution in [0.25, 0.3) is 0 Å². The van der Waals surface area contributed by atoms with Crippen LogP contribution in [0.3, 0.4) is 0 Å². The van der Waals surface area contributed by atoms with E-state index < -0.39 is 0 Å². The van der Waals surface area contributed by atoms with Crippen molar-refractivity contribution in [2.24, 2.45) is 17.2 Å². The first-order valence-corrected chi connectivity index (χ1v) is 5.43. The summed E-state index contributed by atoms with van der Waals surface area (Å²) in [7, 11) is 0. The Labute approximate surface area is 84.1 Å². The fourth-order valence-electron chi connectivity index (χ4n) is 0.465. The molecule has 0 aliphatic rings. The Hall–Kier alpha value is -0.120.